The fourth-order valence-corrected chi connectivity index (χ4v) is 2.95. The maximum absolute atomic E-state index is 10.6. The van der Waals surface area contributed by atoms with Crippen LogP contribution in [0, 0.1) is 0 Å². The van der Waals surface area contributed by atoms with Gasteiger partial charge in [-0.1, -0.05) is 0 Å². The predicted molar refractivity (Wildman–Crippen MR) is 53.5 cm³/mol. The summed E-state index contributed by atoms with van der Waals surface area (Å²) in [5.74, 6) is 0. The predicted octanol–water partition coefficient (Wildman–Crippen LogP) is 0.242. The van der Waals surface area contributed by atoms with Crippen molar-refractivity contribution >= 4 is 7.82 Å². The summed E-state index contributed by atoms with van der Waals surface area (Å²) in [6, 6.07) is 0. The lowest BCUT2D eigenvalue weighted by atomic mass is 9.80. The average Bonchev–Trinajstić information content (AvgIpc) is 1.95. The third kappa shape index (κ3) is 3.26. The Labute approximate surface area is 95.4 Å². The van der Waals surface area contributed by atoms with Crippen molar-refractivity contribution in [2.45, 2.75) is 57.7 Å². The maximum Gasteiger partial charge on any atom is 0.0664 e. The van der Waals surface area contributed by atoms with Crippen molar-refractivity contribution in [2.24, 2.45) is 0 Å². The molecular weight excluding hydrogens is 233 g/mol. The summed E-state index contributed by atoms with van der Waals surface area (Å²) in [5.41, 5.74) is -1.25. The minimum Gasteiger partial charge on any atom is -0.790 e. The van der Waals surface area contributed by atoms with Gasteiger partial charge in [0.1, 0.15) is 0 Å². The lowest BCUT2D eigenvalue weighted by molar-refractivity contribution is -0.349. The van der Waals surface area contributed by atoms with Gasteiger partial charge in [-0.25, -0.2) is 0 Å². The molecule has 1 aliphatic rings. The van der Waals surface area contributed by atoms with Gasteiger partial charge in [0.2, 0.25) is 0 Å². The van der Waals surface area contributed by atoms with Gasteiger partial charge >= 0.3 is 0 Å². The van der Waals surface area contributed by atoms with E-state index in [0.717, 1.165) is 0 Å². The number of hydrogen-bond acceptors (Lipinski definition) is 6. The molecule has 96 valence electrons. The molecule has 1 aliphatic heterocycles. The molecule has 0 radical (unpaired) electrons. The van der Waals surface area contributed by atoms with E-state index in [4.69, 9.17) is 0 Å². The quantitative estimate of drug-likeness (QED) is 0.706. The van der Waals surface area contributed by atoms with Crippen molar-refractivity contribution in [1.29, 1.82) is 0 Å². The molecule has 7 heteroatoms. The molecule has 0 spiro atoms. The lowest BCUT2D eigenvalue weighted by Crippen LogP contribution is -2.60. The van der Waals surface area contributed by atoms with Crippen LogP contribution in [0.1, 0.15) is 40.5 Å². The van der Waals surface area contributed by atoms with Crippen molar-refractivity contribution in [3.8, 4) is 0 Å². The Morgan fingerprint density at radius 1 is 1.25 bits per heavy atom. The minimum absolute atomic E-state index is 0.293. The number of nitrogens with zero attached hydrogens (tertiary/aromatic N) is 1. The summed E-state index contributed by atoms with van der Waals surface area (Å²) in [4.78, 5) is 21.2. The Bertz CT molecular complexity index is 293. The normalized spacial score (nSPS) is 26.9. The smallest absolute Gasteiger partial charge is 0.0664 e. The second-order valence-corrected chi connectivity index (χ2v) is 6.62. The minimum atomic E-state index is -4.97. The second-order valence-electron chi connectivity index (χ2n) is 5.52. The zero-order valence-corrected chi connectivity index (χ0v) is 10.9. The molecule has 16 heavy (non-hydrogen) atoms. The first-order valence-electron chi connectivity index (χ1n) is 5.14. The first kappa shape index (κ1) is 14.1. The fourth-order valence-electron chi connectivity index (χ4n) is 2.44. The monoisotopic (exact) mass is 251 g/mol. The van der Waals surface area contributed by atoms with Crippen LogP contribution in [-0.2, 0) is 9.09 Å². The molecule has 1 saturated heterocycles. The molecule has 0 aromatic rings. The van der Waals surface area contributed by atoms with E-state index in [-0.39, 0.29) is 0 Å². The number of phosphoric ester groups is 1. The summed E-state index contributed by atoms with van der Waals surface area (Å²) in [6.07, 6.45) is -0.0859. The molecule has 0 aliphatic carbocycles. The highest BCUT2D eigenvalue weighted by atomic mass is 31.2. The van der Waals surface area contributed by atoms with Crippen molar-refractivity contribution in [3.63, 3.8) is 0 Å². The number of rotatable bonds is 2. The van der Waals surface area contributed by atoms with Crippen molar-refractivity contribution in [1.82, 2.24) is 5.06 Å². The fraction of sp³-hybridized carbons (Fsp3) is 1.00. The lowest BCUT2D eigenvalue weighted by Gasteiger charge is -2.52. The van der Waals surface area contributed by atoms with Crippen LogP contribution in [0.25, 0.3) is 0 Å². The van der Waals surface area contributed by atoms with Crippen LogP contribution in [0.3, 0.4) is 0 Å². The number of hydroxylamine groups is 2. The van der Waals surface area contributed by atoms with Crippen LogP contribution in [0.4, 0.5) is 0 Å². The van der Waals surface area contributed by atoms with Gasteiger partial charge in [0.25, 0.3) is 0 Å². The number of phosphoric acid groups is 1. The maximum atomic E-state index is 10.6. The van der Waals surface area contributed by atoms with E-state index in [9.17, 15) is 19.6 Å². The van der Waals surface area contributed by atoms with Crippen LogP contribution in [0.15, 0.2) is 0 Å². The van der Waals surface area contributed by atoms with E-state index < -0.39 is 25.0 Å². The zero-order valence-electron chi connectivity index (χ0n) is 9.97. The molecule has 0 unspecified atom stereocenters. The molecular formula is C9H18NO5P-2. The molecule has 1 N–H and O–H groups in total. The van der Waals surface area contributed by atoms with E-state index in [1.54, 1.807) is 27.7 Å². The SMILES string of the molecule is CC1(C)CC(OP(=O)([O-])[O-])CC(C)(C)N1O. The Morgan fingerprint density at radius 2 is 1.62 bits per heavy atom. The Hall–Kier alpha value is 0.0300. The van der Waals surface area contributed by atoms with Crippen LogP contribution in [-0.4, -0.2) is 27.5 Å². The van der Waals surface area contributed by atoms with Crippen LogP contribution in [0.5, 0.6) is 0 Å². The van der Waals surface area contributed by atoms with Gasteiger partial charge in [-0.2, -0.15) is 5.06 Å². The summed E-state index contributed by atoms with van der Waals surface area (Å²) < 4.78 is 15.1. The van der Waals surface area contributed by atoms with E-state index in [0.29, 0.717) is 12.8 Å². The molecule has 0 aromatic heterocycles. The molecule has 6 nitrogen and oxygen atoms in total. The molecule has 1 rings (SSSR count). The Morgan fingerprint density at radius 3 is 1.94 bits per heavy atom. The van der Waals surface area contributed by atoms with Gasteiger partial charge in [-0.15, -0.1) is 0 Å². The molecule has 0 bridgehead atoms. The van der Waals surface area contributed by atoms with Crippen molar-refractivity contribution in [3.05, 3.63) is 0 Å². The largest absolute Gasteiger partial charge is 0.790 e. The average molecular weight is 251 g/mol. The van der Waals surface area contributed by atoms with E-state index in [1.807, 2.05) is 0 Å². The Kier molecular flexibility index (Phi) is 3.57. The highest BCUT2D eigenvalue weighted by Gasteiger charge is 2.45. The topological polar surface area (TPSA) is 95.9 Å². The summed E-state index contributed by atoms with van der Waals surface area (Å²) in [5, 5.41) is 11.1. The first-order valence-corrected chi connectivity index (χ1v) is 6.60. The van der Waals surface area contributed by atoms with Gasteiger partial charge in [-0.05, 0) is 40.5 Å². The van der Waals surface area contributed by atoms with Gasteiger partial charge in [0, 0.05) is 11.1 Å². The van der Waals surface area contributed by atoms with Gasteiger partial charge in [0.15, 0.2) is 0 Å². The zero-order chi connectivity index (χ0) is 12.8. The molecule has 1 fully saturated rings. The molecule has 0 saturated carbocycles. The van der Waals surface area contributed by atoms with Crippen LogP contribution >= 0.6 is 7.82 Å². The summed E-state index contributed by atoms with van der Waals surface area (Å²) in [6.45, 7) is 7.07. The van der Waals surface area contributed by atoms with E-state index in [1.165, 1.54) is 5.06 Å². The third-order valence-electron chi connectivity index (χ3n) is 2.88. The van der Waals surface area contributed by atoms with E-state index >= 15 is 0 Å². The van der Waals surface area contributed by atoms with Crippen molar-refractivity contribution in [2.75, 3.05) is 0 Å². The highest BCUT2D eigenvalue weighted by Crippen LogP contribution is 2.42. The molecule has 1 heterocycles. The molecule has 0 atom stereocenters. The second kappa shape index (κ2) is 4.05. The Balaban J connectivity index is 2.83. The van der Waals surface area contributed by atoms with Gasteiger partial charge in [-0.3, -0.25) is 0 Å². The summed E-state index contributed by atoms with van der Waals surface area (Å²) >= 11 is 0. The van der Waals surface area contributed by atoms with Crippen molar-refractivity contribution < 1.29 is 24.1 Å². The molecule has 0 aromatic carbocycles. The molecule has 0 amide bonds. The first-order chi connectivity index (χ1) is 6.94. The summed E-state index contributed by atoms with van der Waals surface area (Å²) in [7, 11) is -4.97. The van der Waals surface area contributed by atoms with E-state index in [2.05, 4.69) is 4.52 Å². The standard InChI is InChI=1S/C9H20NO5P/c1-8(2)5-7(15-16(12,13)14)6-9(3,4)10(8)11/h7,11H,5-6H2,1-4H3,(H2,12,13,14)/p-2. The highest BCUT2D eigenvalue weighted by molar-refractivity contribution is 7.43. The van der Waals surface area contributed by atoms with Gasteiger partial charge in [0.05, 0.1) is 13.9 Å². The van der Waals surface area contributed by atoms with Crippen LogP contribution < -0.4 is 9.79 Å². The van der Waals surface area contributed by atoms with Crippen LogP contribution in [0.2, 0.25) is 0 Å². The third-order valence-corrected chi connectivity index (χ3v) is 3.44. The van der Waals surface area contributed by atoms with Gasteiger partial charge < -0.3 is 24.1 Å². The number of piperidine rings is 1. The number of hydrogen-bond donors (Lipinski definition) is 1.